The van der Waals surface area contributed by atoms with Crippen molar-refractivity contribution >= 4 is 17.4 Å². The van der Waals surface area contributed by atoms with Crippen molar-refractivity contribution < 1.29 is 4.79 Å². The van der Waals surface area contributed by atoms with E-state index in [2.05, 4.69) is 29.5 Å². The summed E-state index contributed by atoms with van der Waals surface area (Å²) < 4.78 is 0. The van der Waals surface area contributed by atoms with Crippen molar-refractivity contribution in [2.24, 2.45) is 0 Å². The van der Waals surface area contributed by atoms with E-state index in [9.17, 15) is 10.1 Å². The summed E-state index contributed by atoms with van der Waals surface area (Å²) in [5.41, 5.74) is 3.79. The first-order chi connectivity index (χ1) is 11.9. The first kappa shape index (κ1) is 18.2. The van der Waals surface area contributed by atoms with E-state index < -0.39 is 5.91 Å². The molecule has 0 saturated heterocycles. The van der Waals surface area contributed by atoms with E-state index in [-0.39, 0.29) is 11.5 Å². The molecule has 0 radical (unpaired) electrons. The van der Waals surface area contributed by atoms with Crippen LogP contribution >= 0.6 is 0 Å². The highest BCUT2D eigenvalue weighted by Gasteiger charge is 2.15. The Morgan fingerprint density at radius 3 is 2.60 bits per heavy atom. The summed E-state index contributed by atoms with van der Waals surface area (Å²) >= 11 is 0. The Morgan fingerprint density at radius 2 is 2.00 bits per heavy atom. The number of nitrogens with one attached hydrogen (secondary N) is 2. The third kappa shape index (κ3) is 4.67. The molecule has 0 aliphatic heterocycles. The highest BCUT2D eigenvalue weighted by molar-refractivity contribution is 6.07. The average Bonchev–Trinajstić information content (AvgIpc) is 2.58. The number of hydrogen-bond acceptors (Lipinski definition) is 4. The van der Waals surface area contributed by atoms with Crippen molar-refractivity contribution in [3.8, 4) is 6.07 Å². The molecule has 0 spiro atoms. The number of benzene rings is 1. The van der Waals surface area contributed by atoms with E-state index >= 15 is 0 Å². The molecule has 0 unspecified atom stereocenters. The molecule has 0 aliphatic rings. The van der Waals surface area contributed by atoms with Gasteiger partial charge in [-0.1, -0.05) is 38.1 Å². The molecular weight excluding hydrogens is 312 g/mol. The van der Waals surface area contributed by atoms with Crippen molar-refractivity contribution in [3.05, 3.63) is 65.0 Å². The second-order valence-corrected chi connectivity index (χ2v) is 6.18. The van der Waals surface area contributed by atoms with Gasteiger partial charge in [0.1, 0.15) is 17.5 Å². The average molecular weight is 334 g/mol. The molecule has 1 heterocycles. The Bertz CT molecular complexity index is 830. The van der Waals surface area contributed by atoms with Crippen molar-refractivity contribution in [1.29, 1.82) is 5.26 Å². The number of carbonyl (C=O) groups is 1. The number of anilines is 2. The minimum absolute atomic E-state index is 0.0136. The molecule has 25 heavy (non-hydrogen) atoms. The fraction of sp³-hybridized carbons (Fsp3) is 0.250. The molecule has 0 aliphatic carbocycles. The third-order valence-electron chi connectivity index (χ3n) is 3.81. The summed E-state index contributed by atoms with van der Waals surface area (Å²) in [6, 6.07) is 11.5. The Hall–Kier alpha value is -3.13. The van der Waals surface area contributed by atoms with E-state index in [0.717, 1.165) is 22.4 Å². The number of amides is 1. The fourth-order valence-corrected chi connectivity index (χ4v) is 2.37. The van der Waals surface area contributed by atoms with Crippen molar-refractivity contribution in [2.75, 3.05) is 10.6 Å². The van der Waals surface area contributed by atoms with E-state index in [1.54, 1.807) is 12.3 Å². The van der Waals surface area contributed by atoms with Gasteiger partial charge in [0.25, 0.3) is 5.91 Å². The number of para-hydroxylation sites is 1. The molecule has 1 aromatic carbocycles. The highest BCUT2D eigenvalue weighted by Crippen LogP contribution is 2.27. The lowest BCUT2D eigenvalue weighted by molar-refractivity contribution is -0.112. The maximum absolute atomic E-state index is 12.5. The molecule has 2 N–H and O–H groups in total. The number of rotatable bonds is 5. The zero-order valence-corrected chi connectivity index (χ0v) is 14.9. The number of carbonyl (C=O) groups excluding carboxylic acids is 1. The predicted molar refractivity (Wildman–Crippen MR) is 100 cm³/mol. The van der Waals surface area contributed by atoms with Gasteiger partial charge in [0.2, 0.25) is 0 Å². The molecule has 5 heteroatoms. The molecule has 1 aromatic heterocycles. The minimum atomic E-state index is -0.446. The van der Waals surface area contributed by atoms with Crippen LogP contribution in [0.25, 0.3) is 0 Å². The Kier molecular flexibility index (Phi) is 5.91. The lowest BCUT2D eigenvalue weighted by Gasteiger charge is -2.16. The van der Waals surface area contributed by atoms with Crippen LogP contribution in [0.3, 0.4) is 0 Å². The first-order valence-corrected chi connectivity index (χ1v) is 8.12. The second-order valence-electron chi connectivity index (χ2n) is 6.18. The van der Waals surface area contributed by atoms with Gasteiger partial charge in [0.05, 0.1) is 0 Å². The van der Waals surface area contributed by atoms with E-state index in [0.29, 0.717) is 5.82 Å². The monoisotopic (exact) mass is 334 g/mol. The van der Waals surface area contributed by atoms with Crippen LogP contribution in [0.4, 0.5) is 11.5 Å². The molecule has 5 nitrogen and oxygen atoms in total. The quantitative estimate of drug-likeness (QED) is 0.632. The molecule has 128 valence electrons. The smallest absolute Gasteiger partial charge is 0.267 e. The summed E-state index contributed by atoms with van der Waals surface area (Å²) in [7, 11) is 0. The van der Waals surface area contributed by atoms with Gasteiger partial charge in [-0.25, -0.2) is 4.98 Å². The SMILES string of the molecule is Cc1ccc(N/C=C(/C#N)C(=O)Nc2c(C)cccc2C(C)C)nc1. The summed E-state index contributed by atoms with van der Waals surface area (Å²) in [5.74, 6) is 0.392. The summed E-state index contributed by atoms with van der Waals surface area (Å²) in [5, 5.41) is 15.1. The predicted octanol–water partition coefficient (Wildman–Crippen LogP) is 4.28. The van der Waals surface area contributed by atoms with Gasteiger partial charge in [-0.2, -0.15) is 5.26 Å². The number of pyridine rings is 1. The summed E-state index contributed by atoms with van der Waals surface area (Å²) in [4.78, 5) is 16.7. The van der Waals surface area contributed by atoms with Gasteiger partial charge in [-0.3, -0.25) is 4.79 Å². The maximum Gasteiger partial charge on any atom is 0.267 e. The topological polar surface area (TPSA) is 77.8 Å². The van der Waals surface area contributed by atoms with Gasteiger partial charge in [-0.05, 0) is 42.5 Å². The summed E-state index contributed by atoms with van der Waals surface area (Å²) in [6.45, 7) is 8.01. The van der Waals surface area contributed by atoms with Crippen LogP contribution in [-0.2, 0) is 4.79 Å². The molecule has 0 saturated carbocycles. The second kappa shape index (κ2) is 8.11. The Morgan fingerprint density at radius 1 is 1.24 bits per heavy atom. The molecule has 0 atom stereocenters. The molecule has 0 bridgehead atoms. The lowest BCUT2D eigenvalue weighted by atomic mass is 9.98. The van der Waals surface area contributed by atoms with Crippen molar-refractivity contribution in [3.63, 3.8) is 0 Å². The molecule has 0 fully saturated rings. The van der Waals surface area contributed by atoms with E-state index in [1.165, 1.54) is 6.20 Å². The van der Waals surface area contributed by atoms with Crippen LogP contribution in [-0.4, -0.2) is 10.9 Å². The molecular formula is C20H22N4O. The minimum Gasteiger partial charge on any atom is -0.345 e. The molecule has 2 aromatic rings. The Balaban J connectivity index is 2.20. The zero-order chi connectivity index (χ0) is 18.4. The molecule has 2 rings (SSSR count). The maximum atomic E-state index is 12.5. The largest absolute Gasteiger partial charge is 0.345 e. The highest BCUT2D eigenvalue weighted by atomic mass is 16.1. The van der Waals surface area contributed by atoms with Gasteiger partial charge in [0, 0.05) is 18.1 Å². The number of aromatic nitrogens is 1. The van der Waals surface area contributed by atoms with Gasteiger partial charge < -0.3 is 10.6 Å². The normalized spacial score (nSPS) is 11.1. The van der Waals surface area contributed by atoms with Gasteiger partial charge >= 0.3 is 0 Å². The van der Waals surface area contributed by atoms with Crippen LogP contribution in [0.2, 0.25) is 0 Å². The van der Waals surface area contributed by atoms with Crippen LogP contribution in [0.5, 0.6) is 0 Å². The first-order valence-electron chi connectivity index (χ1n) is 8.12. The zero-order valence-electron chi connectivity index (χ0n) is 14.9. The number of nitrogens with zero attached hydrogens (tertiary/aromatic N) is 2. The van der Waals surface area contributed by atoms with Crippen LogP contribution in [0.1, 0.15) is 36.5 Å². The number of aryl methyl sites for hydroxylation is 2. The number of nitriles is 1. The summed E-state index contributed by atoms with van der Waals surface area (Å²) in [6.07, 6.45) is 3.09. The van der Waals surface area contributed by atoms with Gasteiger partial charge in [0.15, 0.2) is 0 Å². The van der Waals surface area contributed by atoms with Crippen molar-refractivity contribution in [1.82, 2.24) is 4.98 Å². The number of hydrogen-bond donors (Lipinski definition) is 2. The van der Waals surface area contributed by atoms with Gasteiger partial charge in [-0.15, -0.1) is 0 Å². The lowest BCUT2D eigenvalue weighted by Crippen LogP contribution is -2.17. The Labute approximate surface area is 148 Å². The van der Waals surface area contributed by atoms with E-state index in [4.69, 9.17) is 0 Å². The van der Waals surface area contributed by atoms with Crippen LogP contribution < -0.4 is 10.6 Å². The van der Waals surface area contributed by atoms with Crippen LogP contribution in [0.15, 0.2) is 48.3 Å². The third-order valence-corrected chi connectivity index (χ3v) is 3.81. The standard InChI is InChI=1S/C20H22N4O/c1-13(2)17-7-5-6-15(4)19(17)24-20(25)16(10-21)12-23-18-9-8-14(3)11-22-18/h5-9,11-13H,1-4H3,(H,22,23)(H,24,25)/b16-12-. The fourth-order valence-electron chi connectivity index (χ4n) is 2.37. The van der Waals surface area contributed by atoms with E-state index in [1.807, 2.05) is 44.2 Å². The molecule has 1 amide bonds. The van der Waals surface area contributed by atoms with Crippen LogP contribution in [0, 0.1) is 25.2 Å². The van der Waals surface area contributed by atoms with Crippen molar-refractivity contribution in [2.45, 2.75) is 33.6 Å².